The van der Waals surface area contributed by atoms with E-state index in [1.807, 2.05) is 41.2 Å². The fourth-order valence-corrected chi connectivity index (χ4v) is 3.99. The minimum Gasteiger partial charge on any atom is -0.492 e. The van der Waals surface area contributed by atoms with Crippen LogP contribution >= 0.6 is 0 Å². The van der Waals surface area contributed by atoms with Crippen LogP contribution in [0.15, 0.2) is 48.9 Å². The molecule has 1 fully saturated rings. The van der Waals surface area contributed by atoms with Crippen molar-refractivity contribution in [3.63, 3.8) is 0 Å². The third-order valence-corrected chi connectivity index (χ3v) is 5.71. The Balaban J connectivity index is 1.27. The van der Waals surface area contributed by atoms with Gasteiger partial charge >= 0.3 is 0 Å². The second-order valence-corrected chi connectivity index (χ2v) is 7.92. The summed E-state index contributed by atoms with van der Waals surface area (Å²) >= 11 is 0. The quantitative estimate of drug-likeness (QED) is 0.350. The van der Waals surface area contributed by atoms with Gasteiger partial charge in [0.05, 0.1) is 18.4 Å². The second kappa shape index (κ2) is 8.89. The van der Waals surface area contributed by atoms with Crippen molar-refractivity contribution in [2.75, 3.05) is 11.9 Å². The van der Waals surface area contributed by atoms with Crippen LogP contribution in [0.4, 0.5) is 5.95 Å². The maximum Gasteiger partial charge on any atom is 0.225 e. The number of nitrogens with zero attached hydrogens (tertiary/aromatic N) is 7. The molecule has 3 aromatic heterocycles. The molecule has 1 saturated carbocycles. The molecule has 1 aliphatic carbocycles. The third kappa shape index (κ3) is 4.39. The number of aliphatic hydroxyl groups is 1. The summed E-state index contributed by atoms with van der Waals surface area (Å²) in [7, 11) is 0. The average Bonchev–Trinajstić information content (AvgIpc) is 3.55. The van der Waals surface area contributed by atoms with Gasteiger partial charge in [-0.15, -0.1) is 5.10 Å². The van der Waals surface area contributed by atoms with Gasteiger partial charge < -0.3 is 20.9 Å². The molecule has 0 spiro atoms. The number of aliphatic hydroxyl groups excluding tert-OH is 1. The van der Waals surface area contributed by atoms with E-state index in [4.69, 9.17) is 10.5 Å². The molecule has 3 unspecified atom stereocenters. The molecule has 0 saturated heterocycles. The number of anilines is 1. The Hall–Kier alpha value is -3.57. The first-order chi connectivity index (χ1) is 15.7. The normalized spacial score (nSPS) is 19.3. The molecule has 0 amide bonds. The highest BCUT2D eigenvalue weighted by molar-refractivity contribution is 5.72. The van der Waals surface area contributed by atoms with Crippen molar-refractivity contribution in [2.24, 2.45) is 11.7 Å². The van der Waals surface area contributed by atoms with E-state index in [0.717, 1.165) is 30.7 Å². The Kier molecular flexibility index (Phi) is 5.65. The summed E-state index contributed by atoms with van der Waals surface area (Å²) in [6.07, 6.45) is 7.11. The van der Waals surface area contributed by atoms with Crippen molar-refractivity contribution in [1.29, 1.82) is 0 Å². The molecule has 4 N–H and O–H groups in total. The van der Waals surface area contributed by atoms with Crippen LogP contribution in [-0.4, -0.2) is 58.7 Å². The number of hydrogen-bond donors (Lipinski definition) is 3. The summed E-state index contributed by atoms with van der Waals surface area (Å²) in [5.74, 6) is 1.38. The van der Waals surface area contributed by atoms with Crippen LogP contribution in [0.25, 0.3) is 16.9 Å². The second-order valence-electron chi connectivity index (χ2n) is 7.92. The number of nitrogens with one attached hydrogen (secondary N) is 1. The molecule has 3 atom stereocenters. The van der Waals surface area contributed by atoms with E-state index in [1.165, 1.54) is 0 Å². The van der Waals surface area contributed by atoms with E-state index in [0.29, 0.717) is 30.3 Å². The Morgan fingerprint density at radius 3 is 2.88 bits per heavy atom. The number of ether oxygens (including phenoxy) is 1. The molecule has 3 heterocycles. The van der Waals surface area contributed by atoms with Crippen LogP contribution in [0.2, 0.25) is 0 Å². The van der Waals surface area contributed by atoms with E-state index >= 15 is 0 Å². The molecular formula is C21H25N9O2. The van der Waals surface area contributed by atoms with Gasteiger partial charge in [0.25, 0.3) is 0 Å². The predicted octanol–water partition coefficient (Wildman–Crippen LogP) is 1.34. The van der Waals surface area contributed by atoms with Crippen LogP contribution in [0.3, 0.4) is 0 Å². The van der Waals surface area contributed by atoms with Crippen LogP contribution in [0.1, 0.15) is 19.3 Å². The Morgan fingerprint density at radius 1 is 1.25 bits per heavy atom. The zero-order valence-electron chi connectivity index (χ0n) is 17.4. The number of hydrogen-bond acceptors (Lipinski definition) is 9. The Labute approximate surface area is 184 Å². The van der Waals surface area contributed by atoms with Crippen molar-refractivity contribution in [2.45, 2.75) is 38.1 Å². The van der Waals surface area contributed by atoms with Gasteiger partial charge in [0, 0.05) is 24.4 Å². The van der Waals surface area contributed by atoms with Gasteiger partial charge in [-0.1, -0.05) is 5.21 Å². The van der Waals surface area contributed by atoms with Crippen LogP contribution in [0, 0.1) is 5.92 Å². The SMILES string of the molecule is NC(O)C1CCC(Nc2ncc3nnn(-c4ccc(OCCn5cccn5)cc4)c3n2)C1. The number of benzene rings is 1. The minimum absolute atomic E-state index is 0.101. The lowest BCUT2D eigenvalue weighted by Gasteiger charge is -2.15. The average molecular weight is 435 g/mol. The van der Waals surface area contributed by atoms with Gasteiger partial charge in [0.15, 0.2) is 11.2 Å². The Bertz CT molecular complexity index is 1160. The van der Waals surface area contributed by atoms with Crippen molar-refractivity contribution in [3.05, 3.63) is 48.9 Å². The van der Waals surface area contributed by atoms with Crippen LogP contribution < -0.4 is 15.8 Å². The van der Waals surface area contributed by atoms with Gasteiger partial charge in [-0.2, -0.15) is 14.8 Å². The molecule has 4 aromatic rings. The summed E-state index contributed by atoms with van der Waals surface area (Å²) in [4.78, 5) is 8.98. The predicted molar refractivity (Wildman–Crippen MR) is 117 cm³/mol. The third-order valence-electron chi connectivity index (χ3n) is 5.71. The molecule has 11 heteroatoms. The number of nitrogens with two attached hydrogens (primary N) is 1. The maximum atomic E-state index is 9.61. The molecular weight excluding hydrogens is 410 g/mol. The topological polar surface area (TPSA) is 142 Å². The van der Waals surface area contributed by atoms with Crippen molar-refractivity contribution in [3.8, 4) is 11.4 Å². The first kappa shape index (κ1) is 20.3. The molecule has 0 radical (unpaired) electrons. The Morgan fingerprint density at radius 2 is 2.12 bits per heavy atom. The van der Waals surface area contributed by atoms with Gasteiger partial charge in [-0.05, 0) is 49.6 Å². The van der Waals surface area contributed by atoms with Crippen molar-refractivity contribution < 1.29 is 9.84 Å². The van der Waals surface area contributed by atoms with E-state index in [1.54, 1.807) is 17.1 Å². The van der Waals surface area contributed by atoms with Gasteiger partial charge in [-0.3, -0.25) is 4.68 Å². The van der Waals surface area contributed by atoms with Crippen LogP contribution in [0.5, 0.6) is 5.75 Å². The molecule has 166 valence electrons. The van der Waals surface area contributed by atoms with Gasteiger partial charge in [0.1, 0.15) is 18.6 Å². The molecule has 11 nitrogen and oxygen atoms in total. The van der Waals surface area contributed by atoms with Gasteiger partial charge in [-0.25, -0.2) is 4.98 Å². The largest absolute Gasteiger partial charge is 0.492 e. The summed E-state index contributed by atoms with van der Waals surface area (Å²) in [6, 6.07) is 9.68. The molecule has 1 aromatic carbocycles. The highest BCUT2D eigenvalue weighted by Crippen LogP contribution is 2.29. The standard InChI is InChI=1S/C21H25N9O2/c22-19(31)14-2-3-15(12-14)25-21-23-13-18-20(26-21)30(28-27-18)16-4-6-17(7-5-16)32-11-10-29-9-1-8-24-29/h1,4-9,13-15,19,31H,2-3,10-12,22H2,(H,23,25,26). The lowest BCUT2D eigenvalue weighted by atomic mass is 10.1. The highest BCUT2D eigenvalue weighted by atomic mass is 16.5. The maximum absolute atomic E-state index is 9.61. The molecule has 0 aliphatic heterocycles. The lowest BCUT2D eigenvalue weighted by molar-refractivity contribution is 0.117. The summed E-state index contributed by atoms with van der Waals surface area (Å²) < 4.78 is 9.29. The van der Waals surface area contributed by atoms with Crippen molar-refractivity contribution in [1.82, 2.24) is 34.7 Å². The van der Waals surface area contributed by atoms with Crippen LogP contribution in [-0.2, 0) is 6.54 Å². The summed E-state index contributed by atoms with van der Waals surface area (Å²) in [5, 5.41) is 25.5. The number of aromatic nitrogens is 7. The highest BCUT2D eigenvalue weighted by Gasteiger charge is 2.28. The first-order valence-electron chi connectivity index (χ1n) is 10.6. The summed E-state index contributed by atoms with van der Waals surface area (Å²) in [5.41, 5.74) is 7.67. The number of fused-ring (bicyclic) bond motifs is 1. The fraction of sp³-hybridized carbons (Fsp3) is 0.381. The monoisotopic (exact) mass is 435 g/mol. The molecule has 32 heavy (non-hydrogen) atoms. The zero-order valence-corrected chi connectivity index (χ0v) is 17.4. The lowest BCUT2D eigenvalue weighted by Crippen LogP contribution is -2.29. The molecule has 0 bridgehead atoms. The minimum atomic E-state index is -0.784. The molecule has 5 rings (SSSR count). The fourth-order valence-electron chi connectivity index (χ4n) is 3.99. The van der Waals surface area contributed by atoms with Crippen molar-refractivity contribution >= 4 is 17.1 Å². The van der Waals surface area contributed by atoms with Gasteiger partial charge in [0.2, 0.25) is 5.95 Å². The molecule has 1 aliphatic rings. The first-order valence-corrected chi connectivity index (χ1v) is 10.6. The van der Waals surface area contributed by atoms with E-state index in [2.05, 4.69) is 30.7 Å². The van der Waals surface area contributed by atoms with E-state index < -0.39 is 6.23 Å². The van der Waals surface area contributed by atoms with E-state index in [9.17, 15) is 5.11 Å². The smallest absolute Gasteiger partial charge is 0.225 e. The zero-order chi connectivity index (χ0) is 21.9. The summed E-state index contributed by atoms with van der Waals surface area (Å²) in [6.45, 7) is 1.21. The number of rotatable bonds is 8. The van der Waals surface area contributed by atoms with E-state index in [-0.39, 0.29) is 12.0 Å².